The molecule has 13 heavy (non-hydrogen) atoms. The molecule has 0 fully saturated rings. The van der Waals surface area contributed by atoms with E-state index in [-0.39, 0.29) is 0 Å². The monoisotopic (exact) mass is 210 g/mol. The predicted octanol–water partition coefficient (Wildman–Crippen LogP) is 3.20. The average Bonchev–Trinajstić information content (AvgIpc) is 2.72. The van der Waals surface area contributed by atoms with Gasteiger partial charge in [-0.3, -0.25) is 0 Å². The van der Waals surface area contributed by atoms with Crippen LogP contribution in [0.15, 0.2) is 29.0 Å². The van der Waals surface area contributed by atoms with Gasteiger partial charge in [0, 0.05) is 9.75 Å². The van der Waals surface area contributed by atoms with Crippen LogP contribution in [0.3, 0.4) is 0 Å². The fourth-order valence-electron chi connectivity index (χ4n) is 1.24. The molecular weight excluding hydrogens is 200 g/mol. The summed E-state index contributed by atoms with van der Waals surface area (Å²) >= 11 is 3.21. The Morgan fingerprint density at radius 2 is 2.08 bits per heavy atom. The molecule has 0 aromatic carbocycles. The van der Waals surface area contributed by atoms with E-state index < -0.39 is 6.10 Å². The Morgan fingerprint density at radius 1 is 1.23 bits per heavy atom. The zero-order chi connectivity index (χ0) is 9.26. The first kappa shape index (κ1) is 8.94. The van der Waals surface area contributed by atoms with Gasteiger partial charge >= 0.3 is 0 Å². The highest BCUT2D eigenvalue weighted by Gasteiger charge is 2.14. The summed E-state index contributed by atoms with van der Waals surface area (Å²) in [6, 6.07) is 5.97. The number of hydrogen-bond acceptors (Lipinski definition) is 3. The van der Waals surface area contributed by atoms with Crippen LogP contribution in [0.4, 0.5) is 0 Å². The molecule has 2 heterocycles. The van der Waals surface area contributed by atoms with Crippen molar-refractivity contribution in [2.45, 2.75) is 13.0 Å². The van der Waals surface area contributed by atoms with Crippen molar-refractivity contribution in [3.63, 3.8) is 0 Å². The zero-order valence-corrected chi connectivity index (χ0v) is 8.86. The molecule has 1 nitrogen and oxygen atoms in total. The van der Waals surface area contributed by atoms with E-state index in [0.717, 1.165) is 9.75 Å². The predicted molar refractivity (Wildman–Crippen MR) is 57.4 cm³/mol. The first-order valence-corrected chi connectivity index (χ1v) is 5.80. The van der Waals surface area contributed by atoms with E-state index in [1.807, 2.05) is 35.9 Å². The van der Waals surface area contributed by atoms with Gasteiger partial charge in [0.05, 0.1) is 0 Å². The summed E-state index contributed by atoms with van der Waals surface area (Å²) in [6.07, 6.45) is -0.431. The molecule has 2 rings (SSSR count). The maximum Gasteiger partial charge on any atom is 0.123 e. The van der Waals surface area contributed by atoms with E-state index in [1.165, 1.54) is 5.56 Å². The first-order valence-electron chi connectivity index (χ1n) is 4.04. The molecule has 1 N–H and O–H groups in total. The minimum absolute atomic E-state index is 0.431. The van der Waals surface area contributed by atoms with Gasteiger partial charge in [0.1, 0.15) is 6.10 Å². The van der Waals surface area contributed by atoms with Gasteiger partial charge in [-0.1, -0.05) is 6.07 Å². The molecule has 0 aliphatic heterocycles. The van der Waals surface area contributed by atoms with Crippen molar-refractivity contribution in [1.82, 2.24) is 0 Å². The smallest absolute Gasteiger partial charge is 0.123 e. The van der Waals surface area contributed by atoms with Crippen molar-refractivity contribution in [2.75, 3.05) is 0 Å². The van der Waals surface area contributed by atoms with E-state index in [4.69, 9.17) is 0 Å². The van der Waals surface area contributed by atoms with Gasteiger partial charge in [-0.15, -0.1) is 22.7 Å². The molecule has 0 saturated carbocycles. The van der Waals surface area contributed by atoms with Crippen LogP contribution in [0.1, 0.15) is 21.4 Å². The lowest BCUT2D eigenvalue weighted by Crippen LogP contribution is -1.95. The van der Waals surface area contributed by atoms with Crippen LogP contribution >= 0.6 is 22.7 Å². The van der Waals surface area contributed by atoms with Gasteiger partial charge in [-0.2, -0.15) is 0 Å². The van der Waals surface area contributed by atoms with Crippen molar-refractivity contribution >= 4 is 22.7 Å². The van der Waals surface area contributed by atoms with Crippen LogP contribution < -0.4 is 0 Å². The summed E-state index contributed by atoms with van der Waals surface area (Å²) in [5, 5.41) is 14.0. The van der Waals surface area contributed by atoms with Gasteiger partial charge in [-0.05, 0) is 35.4 Å². The van der Waals surface area contributed by atoms with Gasteiger partial charge in [0.2, 0.25) is 0 Å². The molecule has 2 aromatic heterocycles. The number of aryl methyl sites for hydroxylation is 1. The lowest BCUT2D eigenvalue weighted by atomic mass is 10.2. The van der Waals surface area contributed by atoms with Crippen LogP contribution in [-0.2, 0) is 0 Å². The summed E-state index contributed by atoms with van der Waals surface area (Å²) < 4.78 is 0. The average molecular weight is 210 g/mol. The van der Waals surface area contributed by atoms with Gasteiger partial charge in [-0.25, -0.2) is 0 Å². The molecule has 0 spiro atoms. The molecule has 1 atom stereocenters. The van der Waals surface area contributed by atoms with Crippen molar-refractivity contribution in [1.29, 1.82) is 0 Å². The van der Waals surface area contributed by atoms with E-state index in [2.05, 4.69) is 0 Å². The highest BCUT2D eigenvalue weighted by atomic mass is 32.1. The van der Waals surface area contributed by atoms with E-state index in [0.29, 0.717) is 0 Å². The molecule has 3 heteroatoms. The first-order chi connectivity index (χ1) is 6.29. The number of aliphatic hydroxyl groups excluding tert-OH is 1. The molecule has 0 unspecified atom stereocenters. The van der Waals surface area contributed by atoms with Gasteiger partial charge < -0.3 is 5.11 Å². The molecule has 0 saturated heterocycles. The molecule has 0 bridgehead atoms. The third-order valence-electron chi connectivity index (χ3n) is 1.96. The van der Waals surface area contributed by atoms with Crippen molar-refractivity contribution in [3.05, 3.63) is 44.3 Å². The molecule has 2 aromatic rings. The second-order valence-electron chi connectivity index (χ2n) is 2.89. The Bertz CT molecular complexity index is 375. The van der Waals surface area contributed by atoms with E-state index in [1.54, 1.807) is 22.7 Å². The Labute approximate surface area is 85.3 Å². The lowest BCUT2D eigenvalue weighted by molar-refractivity contribution is 0.227. The minimum Gasteiger partial charge on any atom is -0.382 e. The molecular formula is C10H10OS2. The maximum atomic E-state index is 9.97. The quantitative estimate of drug-likeness (QED) is 0.807. The number of aliphatic hydroxyl groups is 1. The standard InChI is InChI=1S/C10H10OS2/c1-7-4-6-13-10(7)9(11)8-3-2-5-12-8/h2-6,9,11H,1H3/t9-/m0/s1. The third-order valence-corrected chi connectivity index (χ3v) is 3.96. The second-order valence-corrected chi connectivity index (χ2v) is 4.81. The molecule has 0 aliphatic carbocycles. The zero-order valence-electron chi connectivity index (χ0n) is 7.23. The van der Waals surface area contributed by atoms with Crippen molar-refractivity contribution < 1.29 is 5.11 Å². The Morgan fingerprint density at radius 3 is 2.62 bits per heavy atom. The summed E-state index contributed by atoms with van der Waals surface area (Å²) in [5.41, 5.74) is 1.17. The Hall–Kier alpha value is -0.640. The second kappa shape index (κ2) is 3.62. The largest absolute Gasteiger partial charge is 0.382 e. The van der Waals surface area contributed by atoms with Crippen LogP contribution in [0.2, 0.25) is 0 Å². The fraction of sp³-hybridized carbons (Fsp3) is 0.200. The number of rotatable bonds is 2. The Kier molecular flexibility index (Phi) is 2.49. The summed E-state index contributed by atoms with van der Waals surface area (Å²) in [6.45, 7) is 2.03. The number of thiophene rings is 2. The molecule has 0 radical (unpaired) electrons. The van der Waals surface area contributed by atoms with Crippen LogP contribution in [0.25, 0.3) is 0 Å². The molecule has 0 amide bonds. The summed E-state index contributed by atoms with van der Waals surface area (Å²) in [4.78, 5) is 2.08. The van der Waals surface area contributed by atoms with Crippen LogP contribution in [0, 0.1) is 6.92 Å². The SMILES string of the molecule is Cc1ccsc1[C@@H](O)c1cccs1. The van der Waals surface area contributed by atoms with Crippen LogP contribution in [0.5, 0.6) is 0 Å². The highest BCUT2D eigenvalue weighted by Crippen LogP contribution is 2.31. The topological polar surface area (TPSA) is 20.2 Å². The number of hydrogen-bond donors (Lipinski definition) is 1. The van der Waals surface area contributed by atoms with Crippen LogP contribution in [-0.4, -0.2) is 5.11 Å². The summed E-state index contributed by atoms with van der Waals surface area (Å²) in [5.74, 6) is 0. The molecule has 0 aliphatic rings. The van der Waals surface area contributed by atoms with Gasteiger partial charge in [0.15, 0.2) is 0 Å². The van der Waals surface area contributed by atoms with Gasteiger partial charge in [0.25, 0.3) is 0 Å². The van der Waals surface area contributed by atoms with E-state index in [9.17, 15) is 5.11 Å². The Balaban J connectivity index is 2.33. The fourth-order valence-corrected chi connectivity index (χ4v) is 2.96. The maximum absolute atomic E-state index is 9.97. The third kappa shape index (κ3) is 1.68. The lowest BCUT2D eigenvalue weighted by Gasteiger charge is -2.06. The van der Waals surface area contributed by atoms with Crippen molar-refractivity contribution in [3.8, 4) is 0 Å². The molecule has 68 valence electrons. The minimum atomic E-state index is -0.431. The normalized spacial score (nSPS) is 13.1. The van der Waals surface area contributed by atoms with E-state index >= 15 is 0 Å². The highest BCUT2D eigenvalue weighted by molar-refractivity contribution is 7.11. The summed E-state index contributed by atoms with van der Waals surface area (Å²) in [7, 11) is 0. The van der Waals surface area contributed by atoms with Crippen molar-refractivity contribution in [2.24, 2.45) is 0 Å².